The summed E-state index contributed by atoms with van der Waals surface area (Å²) < 4.78 is 1.08. The molecule has 2 fully saturated rings. The fraction of sp³-hybridized carbons (Fsp3) is 0.625. The zero-order valence-electron chi connectivity index (χ0n) is 11.1. The minimum absolute atomic E-state index is 0.277. The molecule has 0 radical (unpaired) electrons. The third-order valence-electron chi connectivity index (χ3n) is 4.63. The maximum Gasteiger partial charge on any atom is 0.0818 e. The van der Waals surface area contributed by atoms with Crippen molar-refractivity contribution < 1.29 is 5.11 Å². The van der Waals surface area contributed by atoms with Crippen LogP contribution in [0.15, 0.2) is 28.7 Å². The van der Waals surface area contributed by atoms with E-state index in [1.54, 1.807) is 0 Å². The summed E-state index contributed by atoms with van der Waals surface area (Å²) in [4.78, 5) is 0. The van der Waals surface area contributed by atoms with Crippen molar-refractivity contribution in [3.05, 3.63) is 34.3 Å². The second-order valence-electron chi connectivity index (χ2n) is 5.89. The van der Waals surface area contributed by atoms with Crippen LogP contribution in [-0.2, 0) is 0 Å². The van der Waals surface area contributed by atoms with E-state index >= 15 is 0 Å². The molecule has 4 unspecified atom stereocenters. The van der Waals surface area contributed by atoms with Gasteiger partial charge in [-0.05, 0) is 61.0 Å². The van der Waals surface area contributed by atoms with E-state index in [9.17, 15) is 5.11 Å². The average molecular weight is 341 g/mol. The summed E-state index contributed by atoms with van der Waals surface area (Å²) in [5, 5.41) is 11.4. The Kier molecular flexibility index (Phi) is 4.55. The molecule has 1 N–H and O–H groups in total. The number of aliphatic hydroxyl groups is 1. The highest BCUT2D eigenvalue weighted by atomic mass is 79.9. The molecule has 1 aromatic rings. The first-order valence-corrected chi connectivity index (χ1v) is 9.13. The van der Waals surface area contributed by atoms with Crippen LogP contribution in [0.25, 0.3) is 0 Å². The van der Waals surface area contributed by atoms with Crippen LogP contribution in [0.3, 0.4) is 0 Å². The molecular formula is C16H21BrOS. The van der Waals surface area contributed by atoms with E-state index in [1.165, 1.54) is 37.9 Å². The maximum absolute atomic E-state index is 10.6. The highest BCUT2D eigenvalue weighted by molar-refractivity contribution is 9.10. The molecule has 1 saturated heterocycles. The van der Waals surface area contributed by atoms with Gasteiger partial charge in [0.15, 0.2) is 0 Å². The summed E-state index contributed by atoms with van der Waals surface area (Å²) in [5.41, 5.74) is 1.08. The molecule has 0 spiro atoms. The number of aliphatic hydroxyl groups excluding tert-OH is 1. The summed E-state index contributed by atoms with van der Waals surface area (Å²) in [5.74, 6) is 2.63. The molecule has 1 nitrogen and oxygen atoms in total. The summed E-state index contributed by atoms with van der Waals surface area (Å²) >= 11 is 5.61. The van der Waals surface area contributed by atoms with E-state index in [-0.39, 0.29) is 6.10 Å². The standard InChI is InChI=1S/C16H21BrOS/c17-14-6-4-11(5-7-14)16(18)13-9-12-3-1-2-8-19-15(12)10-13/h4-7,12-13,15-16,18H,1-3,8-10H2. The minimum Gasteiger partial charge on any atom is -0.388 e. The van der Waals surface area contributed by atoms with Crippen LogP contribution in [0.1, 0.15) is 43.8 Å². The van der Waals surface area contributed by atoms with E-state index in [0.717, 1.165) is 21.2 Å². The monoisotopic (exact) mass is 340 g/mol. The van der Waals surface area contributed by atoms with Crippen LogP contribution in [0.4, 0.5) is 0 Å². The van der Waals surface area contributed by atoms with Crippen molar-refractivity contribution in [3.63, 3.8) is 0 Å². The van der Waals surface area contributed by atoms with Crippen molar-refractivity contribution in [2.75, 3.05) is 5.75 Å². The summed E-state index contributed by atoms with van der Waals surface area (Å²) in [7, 11) is 0. The molecule has 0 aromatic heterocycles. The predicted octanol–water partition coefficient (Wildman–Crippen LogP) is 4.79. The number of benzene rings is 1. The Labute approximate surface area is 128 Å². The average Bonchev–Trinajstić information content (AvgIpc) is 2.70. The van der Waals surface area contributed by atoms with Gasteiger partial charge in [-0.15, -0.1) is 0 Å². The topological polar surface area (TPSA) is 20.2 Å². The fourth-order valence-electron chi connectivity index (χ4n) is 3.57. The lowest BCUT2D eigenvalue weighted by Gasteiger charge is -2.19. The lowest BCUT2D eigenvalue weighted by molar-refractivity contribution is 0.109. The van der Waals surface area contributed by atoms with Crippen molar-refractivity contribution in [1.82, 2.24) is 0 Å². The van der Waals surface area contributed by atoms with Gasteiger partial charge in [0.1, 0.15) is 0 Å². The van der Waals surface area contributed by atoms with Crippen LogP contribution in [0.5, 0.6) is 0 Å². The number of hydrogen-bond donors (Lipinski definition) is 1. The van der Waals surface area contributed by atoms with Crippen LogP contribution in [0, 0.1) is 11.8 Å². The molecule has 2 aliphatic rings. The van der Waals surface area contributed by atoms with Gasteiger partial charge < -0.3 is 5.11 Å². The van der Waals surface area contributed by atoms with Gasteiger partial charge in [-0.1, -0.05) is 34.5 Å². The van der Waals surface area contributed by atoms with E-state index in [2.05, 4.69) is 39.8 Å². The highest BCUT2D eigenvalue weighted by Gasteiger charge is 2.38. The Hall–Kier alpha value is 0.01000. The summed E-state index contributed by atoms with van der Waals surface area (Å²) in [6, 6.07) is 8.16. The van der Waals surface area contributed by atoms with Gasteiger partial charge in [-0.25, -0.2) is 0 Å². The van der Waals surface area contributed by atoms with Gasteiger partial charge in [0.05, 0.1) is 6.10 Å². The molecule has 1 heterocycles. The Balaban J connectivity index is 1.68. The third kappa shape index (κ3) is 3.20. The number of fused-ring (bicyclic) bond motifs is 1. The lowest BCUT2D eigenvalue weighted by atomic mass is 9.92. The maximum atomic E-state index is 10.6. The van der Waals surface area contributed by atoms with Crippen LogP contribution in [-0.4, -0.2) is 16.1 Å². The van der Waals surface area contributed by atoms with Crippen LogP contribution in [0.2, 0.25) is 0 Å². The van der Waals surface area contributed by atoms with E-state index in [1.807, 2.05) is 12.1 Å². The largest absolute Gasteiger partial charge is 0.388 e. The fourth-order valence-corrected chi connectivity index (χ4v) is 5.41. The van der Waals surface area contributed by atoms with Gasteiger partial charge in [-0.2, -0.15) is 11.8 Å². The molecule has 1 saturated carbocycles. The van der Waals surface area contributed by atoms with Crippen LogP contribution >= 0.6 is 27.7 Å². The molecule has 1 aromatic carbocycles. The molecule has 19 heavy (non-hydrogen) atoms. The third-order valence-corrected chi connectivity index (χ3v) is 6.68. The number of hydrogen-bond acceptors (Lipinski definition) is 2. The molecule has 4 atom stereocenters. The SMILES string of the molecule is OC(c1ccc(Br)cc1)C1CC2CCCCSC2C1. The van der Waals surface area contributed by atoms with Gasteiger partial charge >= 0.3 is 0 Å². The zero-order chi connectivity index (χ0) is 13.2. The smallest absolute Gasteiger partial charge is 0.0818 e. The number of rotatable bonds is 2. The lowest BCUT2D eigenvalue weighted by Crippen LogP contribution is -2.10. The van der Waals surface area contributed by atoms with Gasteiger partial charge in [0.2, 0.25) is 0 Å². The highest BCUT2D eigenvalue weighted by Crippen LogP contribution is 2.47. The Morgan fingerprint density at radius 1 is 1.16 bits per heavy atom. The van der Waals surface area contributed by atoms with Crippen molar-refractivity contribution in [3.8, 4) is 0 Å². The van der Waals surface area contributed by atoms with E-state index in [4.69, 9.17) is 0 Å². The minimum atomic E-state index is -0.277. The van der Waals surface area contributed by atoms with Crippen LogP contribution < -0.4 is 0 Å². The quantitative estimate of drug-likeness (QED) is 0.834. The first-order chi connectivity index (χ1) is 9.24. The molecule has 1 aliphatic carbocycles. The molecule has 104 valence electrons. The van der Waals surface area contributed by atoms with E-state index in [0.29, 0.717) is 5.92 Å². The summed E-state index contributed by atoms with van der Waals surface area (Å²) in [6.45, 7) is 0. The molecule has 1 aliphatic heterocycles. The van der Waals surface area contributed by atoms with Gasteiger partial charge in [0.25, 0.3) is 0 Å². The van der Waals surface area contributed by atoms with Crippen molar-refractivity contribution >= 4 is 27.7 Å². The molecule has 3 rings (SSSR count). The van der Waals surface area contributed by atoms with E-state index < -0.39 is 0 Å². The molecular weight excluding hydrogens is 320 g/mol. The van der Waals surface area contributed by atoms with Crippen molar-refractivity contribution in [2.45, 2.75) is 43.5 Å². The normalized spacial score (nSPS) is 32.6. The predicted molar refractivity (Wildman–Crippen MR) is 85.4 cm³/mol. The molecule has 0 bridgehead atoms. The second kappa shape index (κ2) is 6.19. The Bertz CT molecular complexity index is 405. The van der Waals surface area contributed by atoms with Gasteiger partial charge in [-0.3, -0.25) is 0 Å². The Morgan fingerprint density at radius 2 is 1.95 bits per heavy atom. The zero-order valence-corrected chi connectivity index (χ0v) is 13.5. The number of halogens is 1. The van der Waals surface area contributed by atoms with Gasteiger partial charge in [0, 0.05) is 9.72 Å². The summed E-state index contributed by atoms with van der Waals surface area (Å²) in [6.07, 6.45) is 6.29. The second-order valence-corrected chi connectivity index (χ2v) is 8.16. The molecule has 0 amide bonds. The Morgan fingerprint density at radius 3 is 2.74 bits per heavy atom. The first-order valence-electron chi connectivity index (χ1n) is 7.29. The number of thioether (sulfide) groups is 1. The molecule has 3 heteroatoms. The first kappa shape index (κ1) is 14.0. The van der Waals surface area contributed by atoms with Crippen molar-refractivity contribution in [2.24, 2.45) is 11.8 Å². The van der Waals surface area contributed by atoms with Crippen molar-refractivity contribution in [1.29, 1.82) is 0 Å².